The van der Waals surface area contributed by atoms with Gasteiger partial charge in [0.2, 0.25) is 5.91 Å². The molecule has 0 radical (unpaired) electrons. The maximum atomic E-state index is 12.0. The second kappa shape index (κ2) is 6.39. The van der Waals surface area contributed by atoms with Crippen molar-refractivity contribution in [2.24, 2.45) is 0 Å². The van der Waals surface area contributed by atoms with E-state index in [1.807, 2.05) is 31.2 Å². The molecule has 1 amide bonds. The highest BCUT2D eigenvalue weighted by Gasteiger charge is 2.45. The fourth-order valence-corrected chi connectivity index (χ4v) is 3.17. The number of para-hydroxylation sites is 1. The lowest BCUT2D eigenvalue weighted by Crippen LogP contribution is -2.44. The van der Waals surface area contributed by atoms with Crippen LogP contribution in [0.25, 0.3) is 0 Å². The summed E-state index contributed by atoms with van der Waals surface area (Å²) >= 11 is 0. The molecule has 2 N–H and O–H groups in total. The molecule has 1 heterocycles. The maximum Gasteiger partial charge on any atom is 0.225 e. The van der Waals surface area contributed by atoms with Gasteiger partial charge in [-0.2, -0.15) is 0 Å². The molecule has 1 unspecified atom stereocenters. The minimum atomic E-state index is -0.198. The largest absolute Gasteiger partial charge is 0.368 e. The third kappa shape index (κ3) is 4.31. The van der Waals surface area contributed by atoms with Crippen molar-refractivity contribution in [3.05, 3.63) is 29.8 Å². The van der Waals surface area contributed by atoms with E-state index in [4.69, 9.17) is 4.74 Å². The molecular weight excluding hydrogens is 276 g/mol. The van der Waals surface area contributed by atoms with Crippen molar-refractivity contribution >= 4 is 11.6 Å². The Morgan fingerprint density at radius 3 is 2.55 bits per heavy atom. The summed E-state index contributed by atoms with van der Waals surface area (Å²) < 4.78 is 6.05. The molecule has 4 nitrogen and oxygen atoms in total. The minimum absolute atomic E-state index is 0.0396. The molecule has 1 aliphatic heterocycles. The molecule has 0 aromatic heterocycles. The average molecular weight is 304 g/mol. The smallest absolute Gasteiger partial charge is 0.225 e. The minimum Gasteiger partial charge on any atom is -0.368 e. The van der Waals surface area contributed by atoms with E-state index < -0.39 is 0 Å². The molecule has 1 aromatic carbocycles. The van der Waals surface area contributed by atoms with Gasteiger partial charge < -0.3 is 15.4 Å². The van der Waals surface area contributed by atoms with Crippen LogP contribution in [0.3, 0.4) is 0 Å². The monoisotopic (exact) mass is 304 g/mol. The zero-order valence-corrected chi connectivity index (χ0v) is 14.3. The summed E-state index contributed by atoms with van der Waals surface area (Å²) in [5.41, 5.74) is 1.66. The van der Waals surface area contributed by atoms with Crippen molar-refractivity contribution in [3.8, 4) is 0 Å². The van der Waals surface area contributed by atoms with E-state index in [1.165, 1.54) is 0 Å². The molecule has 1 aliphatic rings. The van der Waals surface area contributed by atoms with Gasteiger partial charge in [-0.3, -0.25) is 4.79 Å². The summed E-state index contributed by atoms with van der Waals surface area (Å²) in [7, 11) is 0. The zero-order valence-electron chi connectivity index (χ0n) is 14.3. The number of carbonyl (C=O) groups excluding carboxylic acids is 1. The Balaban J connectivity index is 1.79. The van der Waals surface area contributed by atoms with Crippen LogP contribution in [-0.2, 0) is 9.53 Å². The number of ether oxygens (including phenoxy) is 1. The highest BCUT2D eigenvalue weighted by Crippen LogP contribution is 2.37. The van der Waals surface area contributed by atoms with Gasteiger partial charge in [-0.15, -0.1) is 0 Å². The number of carbonyl (C=O) groups is 1. The lowest BCUT2D eigenvalue weighted by Gasteiger charge is -2.27. The van der Waals surface area contributed by atoms with Gasteiger partial charge in [0.15, 0.2) is 0 Å². The Morgan fingerprint density at radius 1 is 1.27 bits per heavy atom. The second-order valence-corrected chi connectivity index (χ2v) is 7.29. The van der Waals surface area contributed by atoms with Crippen LogP contribution >= 0.6 is 0 Å². The molecule has 1 saturated heterocycles. The van der Waals surface area contributed by atoms with E-state index in [0.717, 1.165) is 17.7 Å². The summed E-state index contributed by atoms with van der Waals surface area (Å²) in [6.07, 6.45) is 1.42. The third-order valence-corrected chi connectivity index (χ3v) is 4.24. The van der Waals surface area contributed by atoms with Crippen LogP contribution < -0.4 is 10.6 Å². The Kier molecular flexibility index (Phi) is 4.93. The summed E-state index contributed by atoms with van der Waals surface area (Å²) in [6, 6.07) is 8.09. The van der Waals surface area contributed by atoms with Crippen LogP contribution in [0.5, 0.6) is 0 Å². The Bertz CT molecular complexity index is 538. The summed E-state index contributed by atoms with van der Waals surface area (Å²) in [5.74, 6) is 0.0396. The van der Waals surface area contributed by atoms with Gasteiger partial charge in [-0.05, 0) is 52.7 Å². The number of anilines is 1. The standard InChI is InChI=1S/C18H28N2O2/c1-13-8-6-7-9-14(13)20-16(21)10-11-19-15-12-17(2,3)22-18(15,4)5/h6-9,15,19H,10-12H2,1-5H3,(H,20,21). The first kappa shape index (κ1) is 17.0. The number of benzene rings is 1. The molecule has 1 atom stereocenters. The van der Waals surface area contributed by atoms with E-state index in [0.29, 0.717) is 13.0 Å². The van der Waals surface area contributed by atoms with E-state index in [1.54, 1.807) is 0 Å². The van der Waals surface area contributed by atoms with Crippen LogP contribution in [0.2, 0.25) is 0 Å². The zero-order chi connectivity index (χ0) is 16.4. The first-order valence-corrected chi connectivity index (χ1v) is 7.99. The van der Waals surface area contributed by atoms with Gasteiger partial charge in [0, 0.05) is 24.7 Å². The number of rotatable bonds is 5. The van der Waals surface area contributed by atoms with E-state index in [-0.39, 0.29) is 23.2 Å². The van der Waals surface area contributed by atoms with Gasteiger partial charge in [-0.25, -0.2) is 0 Å². The van der Waals surface area contributed by atoms with Crippen molar-refractivity contribution in [2.75, 3.05) is 11.9 Å². The summed E-state index contributed by atoms with van der Waals surface area (Å²) in [5, 5.41) is 6.44. The van der Waals surface area contributed by atoms with Gasteiger partial charge in [0.25, 0.3) is 0 Å². The van der Waals surface area contributed by atoms with Crippen molar-refractivity contribution in [1.29, 1.82) is 0 Å². The summed E-state index contributed by atoms with van der Waals surface area (Å²) in [6.45, 7) is 11.1. The normalized spacial score (nSPS) is 22.5. The van der Waals surface area contributed by atoms with E-state index >= 15 is 0 Å². The predicted molar refractivity (Wildman–Crippen MR) is 90.1 cm³/mol. The molecule has 1 aromatic rings. The topological polar surface area (TPSA) is 50.4 Å². The number of nitrogens with one attached hydrogen (secondary N) is 2. The Hall–Kier alpha value is -1.39. The van der Waals surface area contributed by atoms with E-state index in [2.05, 4.69) is 38.3 Å². The molecule has 0 spiro atoms. The number of hydrogen-bond donors (Lipinski definition) is 2. The number of aryl methyl sites for hydroxylation is 1. The molecule has 4 heteroatoms. The molecule has 2 rings (SSSR count). The first-order chi connectivity index (χ1) is 10.2. The first-order valence-electron chi connectivity index (χ1n) is 7.99. The Labute approximate surface area is 133 Å². The van der Waals surface area contributed by atoms with Gasteiger partial charge in [0.1, 0.15) is 0 Å². The Morgan fingerprint density at radius 2 is 1.95 bits per heavy atom. The average Bonchev–Trinajstić information content (AvgIpc) is 2.60. The third-order valence-electron chi connectivity index (χ3n) is 4.24. The van der Waals surface area contributed by atoms with Crippen LogP contribution in [-0.4, -0.2) is 29.7 Å². The van der Waals surface area contributed by atoms with Gasteiger partial charge in [0.05, 0.1) is 11.2 Å². The lowest BCUT2D eigenvalue weighted by atomic mass is 9.94. The van der Waals surface area contributed by atoms with Crippen LogP contribution in [0.1, 0.15) is 46.1 Å². The quantitative estimate of drug-likeness (QED) is 0.878. The highest BCUT2D eigenvalue weighted by molar-refractivity contribution is 5.91. The SMILES string of the molecule is Cc1ccccc1NC(=O)CCNC1CC(C)(C)OC1(C)C. The number of hydrogen-bond acceptors (Lipinski definition) is 3. The fraction of sp³-hybridized carbons (Fsp3) is 0.611. The number of amides is 1. The fourth-order valence-electron chi connectivity index (χ4n) is 3.17. The van der Waals surface area contributed by atoms with Crippen molar-refractivity contribution in [1.82, 2.24) is 5.32 Å². The molecule has 0 saturated carbocycles. The highest BCUT2D eigenvalue weighted by atomic mass is 16.5. The maximum absolute atomic E-state index is 12.0. The molecule has 22 heavy (non-hydrogen) atoms. The second-order valence-electron chi connectivity index (χ2n) is 7.29. The van der Waals surface area contributed by atoms with Gasteiger partial charge in [-0.1, -0.05) is 18.2 Å². The van der Waals surface area contributed by atoms with Crippen LogP contribution in [0.15, 0.2) is 24.3 Å². The molecule has 0 bridgehead atoms. The molecular formula is C18H28N2O2. The van der Waals surface area contributed by atoms with Crippen LogP contribution in [0.4, 0.5) is 5.69 Å². The van der Waals surface area contributed by atoms with Crippen LogP contribution in [0, 0.1) is 6.92 Å². The van der Waals surface area contributed by atoms with Crippen molar-refractivity contribution in [2.45, 2.75) is 64.7 Å². The van der Waals surface area contributed by atoms with Crippen molar-refractivity contribution in [3.63, 3.8) is 0 Å². The summed E-state index contributed by atoms with van der Waals surface area (Å²) in [4.78, 5) is 12.0. The molecule has 1 fully saturated rings. The molecule has 122 valence electrons. The van der Waals surface area contributed by atoms with Crippen molar-refractivity contribution < 1.29 is 9.53 Å². The predicted octanol–water partition coefficient (Wildman–Crippen LogP) is 3.26. The molecule has 0 aliphatic carbocycles. The van der Waals surface area contributed by atoms with E-state index in [9.17, 15) is 4.79 Å². The lowest BCUT2D eigenvalue weighted by molar-refractivity contribution is -0.116. The van der Waals surface area contributed by atoms with Gasteiger partial charge >= 0.3 is 0 Å².